The van der Waals surface area contributed by atoms with Crippen molar-refractivity contribution in [3.05, 3.63) is 52.3 Å². The molecule has 0 aliphatic heterocycles. The third kappa shape index (κ3) is 4.18. The van der Waals surface area contributed by atoms with Gasteiger partial charge in [-0.05, 0) is 52.7 Å². The minimum atomic E-state index is -4.50. The van der Waals surface area contributed by atoms with Gasteiger partial charge in [-0.3, -0.25) is 4.98 Å². The van der Waals surface area contributed by atoms with Crippen molar-refractivity contribution in [2.75, 3.05) is 6.54 Å². The van der Waals surface area contributed by atoms with Crippen LogP contribution in [0.3, 0.4) is 0 Å². The second kappa shape index (κ2) is 6.44. The summed E-state index contributed by atoms with van der Waals surface area (Å²) in [6.07, 6.45) is -1.26. The molecule has 2 aromatic rings. The highest BCUT2D eigenvalue weighted by molar-refractivity contribution is 9.10. The highest BCUT2D eigenvalue weighted by Gasteiger charge is 2.34. The molecule has 0 spiro atoms. The fourth-order valence-electron chi connectivity index (χ4n) is 1.78. The molecule has 1 aromatic heterocycles. The summed E-state index contributed by atoms with van der Waals surface area (Å²) in [7, 11) is 0. The number of nitrogens with two attached hydrogens (primary N) is 1. The third-order valence-electron chi connectivity index (χ3n) is 2.69. The average molecular weight is 361 g/mol. The Labute approximate surface area is 128 Å². The van der Waals surface area contributed by atoms with E-state index in [0.29, 0.717) is 16.5 Å². The monoisotopic (exact) mass is 360 g/mol. The summed E-state index contributed by atoms with van der Waals surface area (Å²) in [6.45, 7) is 0.285. The molecule has 112 valence electrons. The van der Waals surface area contributed by atoms with E-state index in [9.17, 15) is 13.2 Å². The van der Waals surface area contributed by atoms with Crippen LogP contribution in [0, 0.1) is 0 Å². The Balaban J connectivity index is 2.38. The Hall–Kier alpha value is -1.60. The normalized spacial score (nSPS) is 11.5. The number of aromatic nitrogens is 1. The van der Waals surface area contributed by atoms with Gasteiger partial charge in [0, 0.05) is 10.7 Å². The average Bonchev–Trinajstić information content (AvgIpc) is 2.39. The van der Waals surface area contributed by atoms with E-state index >= 15 is 0 Å². The Kier molecular flexibility index (Phi) is 4.84. The molecule has 0 aliphatic rings. The summed E-state index contributed by atoms with van der Waals surface area (Å²) in [5, 5.41) is 0. The van der Waals surface area contributed by atoms with Crippen molar-refractivity contribution in [1.29, 1.82) is 0 Å². The molecule has 2 N–H and O–H groups in total. The summed E-state index contributed by atoms with van der Waals surface area (Å²) in [4.78, 5) is 3.85. The quantitative estimate of drug-likeness (QED) is 0.890. The number of ether oxygens (including phenoxy) is 1. The maximum Gasteiger partial charge on any atom is 0.419 e. The maximum atomic E-state index is 13.1. The lowest BCUT2D eigenvalue weighted by molar-refractivity contribution is -0.138. The van der Waals surface area contributed by atoms with Gasteiger partial charge in [0.15, 0.2) is 0 Å². The largest absolute Gasteiger partial charge is 0.455 e. The topological polar surface area (TPSA) is 48.1 Å². The van der Waals surface area contributed by atoms with E-state index in [4.69, 9.17) is 10.5 Å². The van der Waals surface area contributed by atoms with E-state index in [1.807, 2.05) is 0 Å². The second-order valence-corrected chi connectivity index (χ2v) is 5.22. The van der Waals surface area contributed by atoms with Crippen LogP contribution < -0.4 is 10.5 Å². The lowest BCUT2D eigenvalue weighted by Gasteiger charge is -2.15. The molecule has 0 atom stereocenters. The van der Waals surface area contributed by atoms with Gasteiger partial charge >= 0.3 is 6.18 Å². The first-order valence-corrected chi connectivity index (χ1v) is 6.88. The molecule has 0 saturated carbocycles. The molecule has 0 unspecified atom stereocenters. The molecule has 0 bridgehead atoms. The van der Waals surface area contributed by atoms with Crippen molar-refractivity contribution in [2.24, 2.45) is 5.73 Å². The molecular formula is C14H12BrF3N2O. The first-order valence-electron chi connectivity index (χ1n) is 6.09. The summed E-state index contributed by atoms with van der Waals surface area (Å²) >= 11 is 3.19. The van der Waals surface area contributed by atoms with E-state index in [2.05, 4.69) is 20.9 Å². The van der Waals surface area contributed by atoms with Crippen LogP contribution in [0.1, 0.15) is 11.1 Å². The van der Waals surface area contributed by atoms with Gasteiger partial charge in [-0.25, -0.2) is 0 Å². The molecule has 0 fully saturated rings. The van der Waals surface area contributed by atoms with Crippen molar-refractivity contribution in [3.8, 4) is 11.5 Å². The van der Waals surface area contributed by atoms with Crippen molar-refractivity contribution in [3.63, 3.8) is 0 Å². The number of pyridine rings is 1. The molecule has 0 aliphatic carbocycles. The highest BCUT2D eigenvalue weighted by atomic mass is 79.9. The Bertz CT molecular complexity index is 632. The minimum absolute atomic E-state index is 0.224. The minimum Gasteiger partial charge on any atom is -0.455 e. The fraction of sp³-hybridized carbons (Fsp3) is 0.214. The van der Waals surface area contributed by atoms with Crippen LogP contribution in [0.5, 0.6) is 11.5 Å². The van der Waals surface area contributed by atoms with Crippen LogP contribution in [0.25, 0.3) is 0 Å². The molecule has 21 heavy (non-hydrogen) atoms. The first-order chi connectivity index (χ1) is 9.90. The van der Waals surface area contributed by atoms with Crippen LogP contribution in [-0.4, -0.2) is 11.5 Å². The van der Waals surface area contributed by atoms with Crippen molar-refractivity contribution in [1.82, 2.24) is 4.98 Å². The summed E-state index contributed by atoms with van der Waals surface area (Å²) in [5.41, 5.74) is 5.06. The van der Waals surface area contributed by atoms with Gasteiger partial charge < -0.3 is 10.5 Å². The lowest BCUT2D eigenvalue weighted by Crippen LogP contribution is -2.09. The Morgan fingerprint density at radius 2 is 1.95 bits per heavy atom. The van der Waals surface area contributed by atoms with Crippen LogP contribution >= 0.6 is 15.9 Å². The number of rotatable bonds is 4. The maximum absolute atomic E-state index is 13.1. The van der Waals surface area contributed by atoms with Crippen LogP contribution in [-0.2, 0) is 12.6 Å². The van der Waals surface area contributed by atoms with E-state index < -0.39 is 11.7 Å². The SMILES string of the molecule is NCCc1ccc(Oc2cncc(Br)c2)c(C(F)(F)F)c1. The van der Waals surface area contributed by atoms with Crippen molar-refractivity contribution < 1.29 is 17.9 Å². The zero-order chi connectivity index (χ0) is 15.5. The predicted molar refractivity (Wildman–Crippen MR) is 76.2 cm³/mol. The molecule has 1 heterocycles. The Morgan fingerprint density at radius 1 is 1.19 bits per heavy atom. The molecule has 2 rings (SSSR count). The van der Waals surface area contributed by atoms with Crippen molar-refractivity contribution in [2.45, 2.75) is 12.6 Å². The Morgan fingerprint density at radius 3 is 2.57 bits per heavy atom. The molecule has 0 radical (unpaired) electrons. The van der Waals surface area contributed by atoms with Crippen LogP contribution in [0.2, 0.25) is 0 Å². The fourth-order valence-corrected chi connectivity index (χ4v) is 2.13. The van der Waals surface area contributed by atoms with Gasteiger partial charge in [0.05, 0.1) is 11.8 Å². The van der Waals surface area contributed by atoms with Crippen LogP contribution in [0.4, 0.5) is 13.2 Å². The molecule has 7 heteroatoms. The lowest BCUT2D eigenvalue weighted by atomic mass is 10.1. The zero-order valence-corrected chi connectivity index (χ0v) is 12.4. The first kappa shape index (κ1) is 15.8. The molecule has 3 nitrogen and oxygen atoms in total. The summed E-state index contributed by atoms with van der Waals surface area (Å²) in [6, 6.07) is 5.48. The molecule has 1 aromatic carbocycles. The van der Waals surface area contributed by atoms with E-state index in [1.54, 1.807) is 12.1 Å². The van der Waals surface area contributed by atoms with E-state index in [-0.39, 0.29) is 18.0 Å². The molecule has 0 amide bonds. The highest BCUT2D eigenvalue weighted by Crippen LogP contribution is 2.38. The number of alkyl halides is 3. The van der Waals surface area contributed by atoms with Gasteiger partial charge in [-0.2, -0.15) is 13.2 Å². The number of hydrogen-bond donors (Lipinski definition) is 1. The van der Waals surface area contributed by atoms with E-state index in [1.165, 1.54) is 18.5 Å². The van der Waals surface area contributed by atoms with Gasteiger partial charge in [0.25, 0.3) is 0 Å². The van der Waals surface area contributed by atoms with Crippen LogP contribution in [0.15, 0.2) is 41.1 Å². The third-order valence-corrected chi connectivity index (χ3v) is 3.12. The number of benzene rings is 1. The second-order valence-electron chi connectivity index (χ2n) is 4.31. The van der Waals surface area contributed by atoms with Gasteiger partial charge in [-0.1, -0.05) is 6.07 Å². The predicted octanol–water partition coefficient (Wildman–Crippen LogP) is 4.16. The van der Waals surface area contributed by atoms with Gasteiger partial charge in [0.2, 0.25) is 0 Å². The summed E-state index contributed by atoms with van der Waals surface area (Å²) < 4.78 is 45.3. The summed E-state index contributed by atoms with van der Waals surface area (Å²) in [5.74, 6) is -0.0374. The van der Waals surface area contributed by atoms with Gasteiger partial charge in [-0.15, -0.1) is 0 Å². The van der Waals surface area contributed by atoms with E-state index in [0.717, 1.165) is 6.07 Å². The molecular weight excluding hydrogens is 349 g/mol. The standard InChI is InChI=1S/C14H12BrF3N2O/c15-10-6-11(8-20-7-10)21-13-2-1-9(3-4-19)5-12(13)14(16,17)18/h1-2,5-8H,3-4,19H2. The zero-order valence-electron chi connectivity index (χ0n) is 10.8. The number of halogens is 4. The molecule has 0 saturated heterocycles. The van der Waals surface area contributed by atoms with Crippen molar-refractivity contribution >= 4 is 15.9 Å². The number of nitrogens with zero attached hydrogens (tertiary/aromatic N) is 1. The van der Waals surface area contributed by atoms with Gasteiger partial charge in [0.1, 0.15) is 11.5 Å². The smallest absolute Gasteiger partial charge is 0.419 e. The number of hydrogen-bond acceptors (Lipinski definition) is 3.